The summed E-state index contributed by atoms with van der Waals surface area (Å²) in [6.45, 7) is 3.65. The molecule has 0 saturated heterocycles. The van der Waals surface area contributed by atoms with Crippen LogP contribution < -0.4 is 5.01 Å². The number of nitro groups is 1. The zero-order chi connectivity index (χ0) is 16.8. The van der Waals surface area contributed by atoms with Gasteiger partial charge in [0.05, 0.1) is 22.4 Å². The standard InChI is InChI=1S/C16H15N5O2/c1-12-5-3-4-6-16(12)20(13(2)11-17)19-18-14-7-9-15(10-8-14)21(22)23/h3-10,13H,1-2H3. The molecule has 1 unspecified atom stereocenters. The third-order valence-corrected chi connectivity index (χ3v) is 3.23. The SMILES string of the molecule is Cc1ccccc1N(N=Nc1ccc([N+](=O)[O-])cc1)C(C)C#N. The van der Waals surface area contributed by atoms with E-state index in [0.29, 0.717) is 5.69 Å². The zero-order valence-corrected chi connectivity index (χ0v) is 12.7. The molecule has 0 spiro atoms. The predicted octanol–water partition coefficient (Wildman–Crippen LogP) is 4.32. The Morgan fingerprint density at radius 1 is 1.22 bits per heavy atom. The normalized spacial score (nSPS) is 11.9. The van der Waals surface area contributed by atoms with E-state index in [0.717, 1.165) is 11.3 Å². The van der Waals surface area contributed by atoms with Crippen molar-refractivity contribution in [2.45, 2.75) is 19.9 Å². The highest BCUT2D eigenvalue weighted by Crippen LogP contribution is 2.24. The van der Waals surface area contributed by atoms with Crippen molar-refractivity contribution in [1.29, 1.82) is 5.26 Å². The summed E-state index contributed by atoms with van der Waals surface area (Å²) in [5.74, 6) is 0. The van der Waals surface area contributed by atoms with Gasteiger partial charge in [-0.25, -0.2) is 5.01 Å². The molecule has 2 rings (SSSR count). The molecule has 2 aromatic carbocycles. The Balaban J connectivity index is 2.29. The summed E-state index contributed by atoms with van der Waals surface area (Å²) in [6.07, 6.45) is 0. The van der Waals surface area contributed by atoms with Crippen LogP contribution in [0.4, 0.5) is 17.1 Å². The molecule has 7 heteroatoms. The second-order valence-electron chi connectivity index (χ2n) is 4.90. The molecule has 0 aliphatic heterocycles. The van der Waals surface area contributed by atoms with Crippen molar-refractivity contribution < 1.29 is 4.92 Å². The van der Waals surface area contributed by atoms with Crippen molar-refractivity contribution in [3.05, 3.63) is 64.2 Å². The van der Waals surface area contributed by atoms with Crippen LogP contribution in [0.15, 0.2) is 58.9 Å². The number of para-hydroxylation sites is 1. The summed E-state index contributed by atoms with van der Waals surface area (Å²) in [5, 5.41) is 29.6. The van der Waals surface area contributed by atoms with E-state index in [1.165, 1.54) is 29.3 Å². The first-order valence-corrected chi connectivity index (χ1v) is 6.93. The van der Waals surface area contributed by atoms with Gasteiger partial charge in [0.1, 0.15) is 6.04 Å². The molecule has 0 fully saturated rings. The summed E-state index contributed by atoms with van der Waals surface area (Å²) in [6, 6.07) is 14.9. The lowest BCUT2D eigenvalue weighted by Crippen LogP contribution is -2.26. The lowest BCUT2D eigenvalue weighted by molar-refractivity contribution is -0.384. The third-order valence-electron chi connectivity index (χ3n) is 3.23. The molecular weight excluding hydrogens is 294 g/mol. The van der Waals surface area contributed by atoms with Gasteiger partial charge >= 0.3 is 0 Å². The zero-order valence-electron chi connectivity index (χ0n) is 12.7. The minimum absolute atomic E-state index is 0.00916. The molecule has 0 saturated carbocycles. The van der Waals surface area contributed by atoms with Crippen molar-refractivity contribution in [2.24, 2.45) is 10.3 Å². The van der Waals surface area contributed by atoms with Crippen LogP contribution in [0.25, 0.3) is 0 Å². The average Bonchev–Trinajstić information content (AvgIpc) is 2.56. The largest absolute Gasteiger partial charge is 0.269 e. The Kier molecular flexibility index (Phi) is 5.00. The van der Waals surface area contributed by atoms with E-state index in [1.807, 2.05) is 31.2 Å². The summed E-state index contributed by atoms with van der Waals surface area (Å²) in [7, 11) is 0. The van der Waals surface area contributed by atoms with Crippen molar-refractivity contribution in [1.82, 2.24) is 0 Å². The fraction of sp³-hybridized carbons (Fsp3) is 0.188. The van der Waals surface area contributed by atoms with Crippen LogP contribution in [0.1, 0.15) is 12.5 Å². The van der Waals surface area contributed by atoms with Gasteiger partial charge in [0, 0.05) is 12.1 Å². The molecule has 0 aliphatic rings. The van der Waals surface area contributed by atoms with Crippen molar-refractivity contribution in [3.8, 4) is 6.07 Å². The van der Waals surface area contributed by atoms with Gasteiger partial charge in [0.15, 0.2) is 0 Å². The molecular formula is C16H15N5O2. The fourth-order valence-corrected chi connectivity index (χ4v) is 1.95. The van der Waals surface area contributed by atoms with Crippen molar-refractivity contribution in [3.63, 3.8) is 0 Å². The molecule has 2 aromatic rings. The average molecular weight is 309 g/mol. The van der Waals surface area contributed by atoms with Gasteiger partial charge in [-0.15, -0.1) is 5.11 Å². The summed E-state index contributed by atoms with van der Waals surface area (Å²) in [4.78, 5) is 10.2. The number of nitrogens with zero attached hydrogens (tertiary/aromatic N) is 5. The molecule has 116 valence electrons. The van der Waals surface area contributed by atoms with Crippen LogP contribution in [0.3, 0.4) is 0 Å². The maximum atomic E-state index is 10.6. The van der Waals surface area contributed by atoms with Gasteiger partial charge in [0.25, 0.3) is 5.69 Å². The first-order chi connectivity index (χ1) is 11.0. The number of hydrogen-bond donors (Lipinski definition) is 0. The number of hydrogen-bond acceptors (Lipinski definition) is 5. The molecule has 0 N–H and O–H groups in total. The van der Waals surface area contributed by atoms with Crippen LogP contribution in [-0.2, 0) is 0 Å². The summed E-state index contributed by atoms with van der Waals surface area (Å²) < 4.78 is 0. The second kappa shape index (κ2) is 7.13. The molecule has 1 atom stereocenters. The van der Waals surface area contributed by atoms with Gasteiger partial charge in [-0.2, -0.15) is 5.26 Å². The third kappa shape index (κ3) is 3.89. The minimum atomic E-state index is -0.502. The monoisotopic (exact) mass is 309 g/mol. The first-order valence-electron chi connectivity index (χ1n) is 6.93. The van der Waals surface area contributed by atoms with Gasteiger partial charge in [-0.05, 0) is 37.6 Å². The van der Waals surface area contributed by atoms with Crippen LogP contribution in [0, 0.1) is 28.4 Å². The summed E-state index contributed by atoms with van der Waals surface area (Å²) >= 11 is 0. The number of anilines is 1. The Morgan fingerprint density at radius 2 is 1.87 bits per heavy atom. The summed E-state index contributed by atoms with van der Waals surface area (Å²) in [5.41, 5.74) is 2.22. The molecule has 7 nitrogen and oxygen atoms in total. The number of non-ortho nitro benzene ring substituents is 1. The number of rotatable bonds is 5. The lowest BCUT2D eigenvalue weighted by atomic mass is 10.2. The van der Waals surface area contributed by atoms with Crippen LogP contribution in [-0.4, -0.2) is 11.0 Å². The second-order valence-corrected chi connectivity index (χ2v) is 4.90. The van der Waals surface area contributed by atoms with E-state index < -0.39 is 11.0 Å². The highest BCUT2D eigenvalue weighted by molar-refractivity contribution is 5.54. The molecule has 0 radical (unpaired) electrons. The van der Waals surface area contributed by atoms with E-state index >= 15 is 0 Å². The maximum Gasteiger partial charge on any atom is 0.269 e. The molecule has 0 aliphatic carbocycles. The van der Waals surface area contributed by atoms with Crippen molar-refractivity contribution >= 4 is 17.1 Å². The Bertz CT molecular complexity index is 765. The number of aryl methyl sites for hydroxylation is 1. The number of benzene rings is 2. The Hall–Kier alpha value is -3.27. The van der Waals surface area contributed by atoms with E-state index in [9.17, 15) is 15.4 Å². The van der Waals surface area contributed by atoms with Gasteiger partial charge in [-0.3, -0.25) is 10.1 Å². The molecule has 0 amide bonds. The Morgan fingerprint density at radius 3 is 2.43 bits per heavy atom. The molecule has 0 aromatic heterocycles. The molecule has 0 bridgehead atoms. The van der Waals surface area contributed by atoms with Crippen LogP contribution in [0.2, 0.25) is 0 Å². The van der Waals surface area contributed by atoms with Crippen LogP contribution >= 0.6 is 0 Å². The molecule has 0 heterocycles. The van der Waals surface area contributed by atoms with Crippen LogP contribution in [0.5, 0.6) is 0 Å². The van der Waals surface area contributed by atoms with E-state index in [1.54, 1.807) is 6.92 Å². The Labute approximate surface area is 133 Å². The quantitative estimate of drug-likeness (QED) is 0.467. The number of nitriles is 1. The maximum absolute atomic E-state index is 10.6. The highest BCUT2D eigenvalue weighted by atomic mass is 16.6. The molecule has 23 heavy (non-hydrogen) atoms. The number of nitro benzene ring substituents is 1. The first kappa shape index (κ1) is 16.1. The van der Waals surface area contributed by atoms with E-state index in [-0.39, 0.29) is 5.69 Å². The predicted molar refractivity (Wildman–Crippen MR) is 86.3 cm³/mol. The fourth-order valence-electron chi connectivity index (χ4n) is 1.95. The lowest BCUT2D eigenvalue weighted by Gasteiger charge is -2.21. The van der Waals surface area contributed by atoms with Gasteiger partial charge in [0.2, 0.25) is 0 Å². The van der Waals surface area contributed by atoms with Gasteiger partial charge < -0.3 is 0 Å². The van der Waals surface area contributed by atoms with Crippen molar-refractivity contribution in [2.75, 3.05) is 5.01 Å². The minimum Gasteiger partial charge on any atom is -0.258 e. The topological polar surface area (TPSA) is 94.9 Å². The van der Waals surface area contributed by atoms with E-state index in [2.05, 4.69) is 16.4 Å². The smallest absolute Gasteiger partial charge is 0.258 e. The van der Waals surface area contributed by atoms with Gasteiger partial charge in [-0.1, -0.05) is 23.4 Å². The van der Waals surface area contributed by atoms with E-state index in [4.69, 9.17) is 0 Å². The highest BCUT2D eigenvalue weighted by Gasteiger charge is 2.15.